The standard InChI is InChI=1S/C29H27F3/c1-3-4-5-18-6-8-19(9-7-18)20-10-12-21(13-11-20)22-14-15-23-24-16-17(2)27(30)29(32)26(24)25(23)28(22)31/h3,10-16,18-19H,1,4-9H2,2H3. The van der Waals surface area contributed by atoms with E-state index in [0.29, 0.717) is 22.6 Å². The van der Waals surface area contributed by atoms with Crippen LogP contribution in [0.25, 0.3) is 33.4 Å². The van der Waals surface area contributed by atoms with Gasteiger partial charge < -0.3 is 0 Å². The monoisotopic (exact) mass is 432 g/mol. The Balaban J connectivity index is 1.37. The fraction of sp³-hybridized carbons (Fsp3) is 0.310. The lowest BCUT2D eigenvalue weighted by atomic mass is 9.76. The number of fused-ring (bicyclic) bond motifs is 4. The molecular formula is C29H27F3. The first-order valence-electron chi connectivity index (χ1n) is 11.5. The Morgan fingerprint density at radius 1 is 0.812 bits per heavy atom. The smallest absolute Gasteiger partial charge is 0.167 e. The van der Waals surface area contributed by atoms with Gasteiger partial charge in [-0.15, -0.1) is 6.58 Å². The zero-order valence-electron chi connectivity index (χ0n) is 18.4. The van der Waals surface area contributed by atoms with Crippen LogP contribution >= 0.6 is 0 Å². The average molecular weight is 433 g/mol. The van der Waals surface area contributed by atoms with Gasteiger partial charge in [-0.1, -0.05) is 42.5 Å². The van der Waals surface area contributed by atoms with Crippen LogP contribution in [0, 0.1) is 30.3 Å². The second-order valence-electron chi connectivity index (χ2n) is 9.30. The van der Waals surface area contributed by atoms with Gasteiger partial charge >= 0.3 is 0 Å². The first kappa shape index (κ1) is 21.1. The molecule has 3 heteroatoms. The Hall–Kier alpha value is -2.81. The summed E-state index contributed by atoms with van der Waals surface area (Å²) < 4.78 is 44.0. The minimum absolute atomic E-state index is 0.0623. The molecule has 2 aliphatic rings. The Bertz CT molecular complexity index is 1180. The lowest BCUT2D eigenvalue weighted by Gasteiger charge is -2.29. The molecule has 0 atom stereocenters. The van der Waals surface area contributed by atoms with Gasteiger partial charge in [-0.05, 0) is 91.2 Å². The van der Waals surface area contributed by atoms with E-state index in [1.54, 1.807) is 12.1 Å². The van der Waals surface area contributed by atoms with E-state index < -0.39 is 17.5 Å². The maximum Gasteiger partial charge on any atom is 0.167 e. The van der Waals surface area contributed by atoms with Crippen molar-refractivity contribution >= 4 is 0 Å². The van der Waals surface area contributed by atoms with Crippen LogP contribution in [0.5, 0.6) is 0 Å². The Morgan fingerprint density at radius 3 is 2.16 bits per heavy atom. The van der Waals surface area contributed by atoms with E-state index in [2.05, 4.69) is 18.7 Å². The molecule has 0 unspecified atom stereocenters. The van der Waals surface area contributed by atoms with Gasteiger partial charge in [0.05, 0.1) is 0 Å². The summed E-state index contributed by atoms with van der Waals surface area (Å²) >= 11 is 0. The van der Waals surface area contributed by atoms with Crippen LogP contribution in [0.15, 0.2) is 55.1 Å². The minimum Gasteiger partial charge on any atom is -0.206 e. The largest absolute Gasteiger partial charge is 0.206 e. The summed E-state index contributed by atoms with van der Waals surface area (Å²) in [6.45, 7) is 5.35. The van der Waals surface area contributed by atoms with Gasteiger partial charge in [-0.25, -0.2) is 13.2 Å². The quantitative estimate of drug-likeness (QED) is 0.276. The van der Waals surface area contributed by atoms with E-state index in [-0.39, 0.29) is 16.7 Å². The first-order chi connectivity index (χ1) is 15.5. The minimum atomic E-state index is -0.956. The van der Waals surface area contributed by atoms with Crippen LogP contribution in [0.4, 0.5) is 13.2 Å². The number of allylic oxidation sites excluding steroid dienone is 1. The van der Waals surface area contributed by atoms with Crippen LogP contribution in [0.2, 0.25) is 0 Å². The highest BCUT2D eigenvalue weighted by atomic mass is 19.2. The highest BCUT2D eigenvalue weighted by Crippen LogP contribution is 2.52. The zero-order valence-corrected chi connectivity index (χ0v) is 18.4. The van der Waals surface area contributed by atoms with Gasteiger partial charge in [0.2, 0.25) is 0 Å². The van der Waals surface area contributed by atoms with Crippen molar-refractivity contribution in [1.29, 1.82) is 0 Å². The number of benzene rings is 3. The lowest BCUT2D eigenvalue weighted by molar-refractivity contribution is 0.312. The lowest BCUT2D eigenvalue weighted by Crippen LogP contribution is -2.13. The van der Waals surface area contributed by atoms with E-state index in [1.807, 2.05) is 24.3 Å². The second-order valence-corrected chi connectivity index (χ2v) is 9.30. The van der Waals surface area contributed by atoms with Crippen molar-refractivity contribution in [3.8, 4) is 33.4 Å². The van der Waals surface area contributed by atoms with Crippen molar-refractivity contribution < 1.29 is 13.2 Å². The Morgan fingerprint density at radius 2 is 1.47 bits per heavy atom. The van der Waals surface area contributed by atoms with Gasteiger partial charge in [0.15, 0.2) is 11.6 Å². The normalized spacial score (nSPS) is 19.1. The van der Waals surface area contributed by atoms with Crippen LogP contribution in [0.1, 0.15) is 55.6 Å². The molecule has 1 fully saturated rings. The van der Waals surface area contributed by atoms with Crippen molar-refractivity contribution in [1.82, 2.24) is 0 Å². The molecule has 32 heavy (non-hydrogen) atoms. The molecule has 0 aliphatic heterocycles. The van der Waals surface area contributed by atoms with Gasteiger partial charge in [-0.2, -0.15) is 0 Å². The maximum atomic E-state index is 15.4. The zero-order chi connectivity index (χ0) is 22.4. The van der Waals surface area contributed by atoms with Gasteiger partial charge in [0.25, 0.3) is 0 Å². The molecule has 0 bridgehead atoms. The van der Waals surface area contributed by atoms with Crippen molar-refractivity contribution in [3.63, 3.8) is 0 Å². The summed E-state index contributed by atoms with van der Waals surface area (Å²) in [4.78, 5) is 0. The molecule has 0 aromatic heterocycles. The number of hydrogen-bond acceptors (Lipinski definition) is 0. The SMILES string of the molecule is C=CCCC1CCC(c2ccc(-c3ccc4c(c3F)-c3c-4cc(C)c(F)c3F)cc2)CC1. The number of rotatable bonds is 5. The van der Waals surface area contributed by atoms with E-state index in [9.17, 15) is 8.78 Å². The highest BCUT2D eigenvalue weighted by molar-refractivity contribution is 6.04. The predicted molar refractivity (Wildman–Crippen MR) is 125 cm³/mol. The predicted octanol–water partition coefficient (Wildman–Crippen LogP) is 8.97. The first-order valence-corrected chi connectivity index (χ1v) is 11.5. The number of halogens is 3. The third kappa shape index (κ3) is 3.39. The molecule has 0 saturated heterocycles. The molecule has 3 aromatic carbocycles. The Kier molecular flexibility index (Phi) is 5.44. The fourth-order valence-corrected chi connectivity index (χ4v) is 5.49. The van der Waals surface area contributed by atoms with E-state index in [4.69, 9.17) is 0 Å². The van der Waals surface area contributed by atoms with Crippen molar-refractivity contribution in [3.05, 3.63) is 83.7 Å². The van der Waals surface area contributed by atoms with Crippen LogP contribution in [0.3, 0.4) is 0 Å². The molecule has 2 aliphatic carbocycles. The highest BCUT2D eigenvalue weighted by Gasteiger charge is 2.33. The van der Waals surface area contributed by atoms with Crippen molar-refractivity contribution in [2.24, 2.45) is 5.92 Å². The van der Waals surface area contributed by atoms with E-state index in [0.717, 1.165) is 17.9 Å². The van der Waals surface area contributed by atoms with Gasteiger partial charge in [0.1, 0.15) is 5.82 Å². The summed E-state index contributed by atoms with van der Waals surface area (Å²) in [5.41, 5.74) is 4.21. The summed E-state index contributed by atoms with van der Waals surface area (Å²) in [6.07, 6.45) is 9.22. The van der Waals surface area contributed by atoms with Crippen LogP contribution in [-0.4, -0.2) is 0 Å². The fourth-order valence-electron chi connectivity index (χ4n) is 5.49. The summed E-state index contributed by atoms with van der Waals surface area (Å²) in [7, 11) is 0. The van der Waals surface area contributed by atoms with Crippen LogP contribution < -0.4 is 0 Å². The third-order valence-electron chi connectivity index (χ3n) is 7.39. The summed E-state index contributed by atoms with van der Waals surface area (Å²) in [5, 5.41) is 0. The molecule has 0 nitrogen and oxygen atoms in total. The number of aryl methyl sites for hydroxylation is 1. The molecule has 0 N–H and O–H groups in total. The summed E-state index contributed by atoms with van der Waals surface area (Å²) in [6, 6.07) is 13.3. The molecule has 1 saturated carbocycles. The topological polar surface area (TPSA) is 0 Å². The van der Waals surface area contributed by atoms with Crippen molar-refractivity contribution in [2.45, 2.75) is 51.4 Å². The molecule has 5 rings (SSSR count). The van der Waals surface area contributed by atoms with E-state index in [1.165, 1.54) is 44.6 Å². The Labute approximate surface area is 187 Å². The second kappa shape index (κ2) is 8.27. The molecule has 0 radical (unpaired) electrons. The van der Waals surface area contributed by atoms with Crippen LogP contribution in [-0.2, 0) is 0 Å². The van der Waals surface area contributed by atoms with E-state index >= 15 is 4.39 Å². The maximum absolute atomic E-state index is 15.4. The number of hydrogen-bond donors (Lipinski definition) is 0. The molecule has 3 aromatic rings. The van der Waals surface area contributed by atoms with Gasteiger partial charge in [0, 0.05) is 16.7 Å². The third-order valence-corrected chi connectivity index (χ3v) is 7.39. The molecule has 164 valence electrons. The van der Waals surface area contributed by atoms with Gasteiger partial charge in [-0.3, -0.25) is 0 Å². The summed E-state index contributed by atoms with van der Waals surface area (Å²) in [5.74, 6) is -0.979. The molecule has 0 spiro atoms. The average Bonchev–Trinajstić information content (AvgIpc) is 2.81. The molecule has 0 amide bonds. The molecule has 0 heterocycles. The van der Waals surface area contributed by atoms with Crippen molar-refractivity contribution in [2.75, 3.05) is 0 Å². The molecular weight excluding hydrogens is 405 g/mol.